The Morgan fingerprint density at radius 1 is 1.23 bits per heavy atom. The first kappa shape index (κ1) is 19.2. The second-order valence-electron chi connectivity index (χ2n) is 6.37. The molecule has 4 rings (SSSR count). The van der Waals surface area contributed by atoms with Crippen molar-refractivity contribution in [1.82, 2.24) is 14.8 Å². The van der Waals surface area contributed by atoms with Crippen molar-refractivity contribution >= 4 is 22.6 Å². The van der Waals surface area contributed by atoms with Gasteiger partial charge in [0, 0.05) is 11.6 Å². The van der Waals surface area contributed by atoms with Crippen molar-refractivity contribution in [2.24, 2.45) is 0 Å². The van der Waals surface area contributed by atoms with Gasteiger partial charge in [-0.1, -0.05) is 6.07 Å². The summed E-state index contributed by atoms with van der Waals surface area (Å²) in [5.74, 6) is -0.234. The van der Waals surface area contributed by atoms with Gasteiger partial charge in [-0.05, 0) is 35.9 Å². The van der Waals surface area contributed by atoms with Crippen molar-refractivity contribution in [1.29, 1.82) is 5.26 Å². The molecule has 4 aromatic rings. The normalized spacial score (nSPS) is 11.4. The first-order chi connectivity index (χ1) is 14.3. The fourth-order valence-corrected chi connectivity index (χ4v) is 2.89. The molecular weight excluding hydrogens is 399 g/mol. The quantitative estimate of drug-likeness (QED) is 0.543. The van der Waals surface area contributed by atoms with Crippen molar-refractivity contribution in [3.05, 3.63) is 77.5 Å². The molecule has 0 aliphatic heterocycles. The fraction of sp³-hybridized carbons (Fsp3) is 0.100. The first-order valence-electron chi connectivity index (χ1n) is 8.61. The molecule has 150 valence electrons. The Morgan fingerprint density at radius 2 is 2.07 bits per heavy atom. The molecule has 10 heteroatoms. The average molecular weight is 411 g/mol. The molecule has 0 atom stereocenters. The van der Waals surface area contributed by atoms with Crippen LogP contribution in [0.4, 0.5) is 19.0 Å². The number of halogens is 3. The van der Waals surface area contributed by atoms with Gasteiger partial charge in [-0.15, -0.1) is 0 Å². The van der Waals surface area contributed by atoms with E-state index in [1.54, 1.807) is 18.2 Å². The van der Waals surface area contributed by atoms with Gasteiger partial charge in [0.05, 0.1) is 35.5 Å². The maximum atomic E-state index is 12.7. The lowest BCUT2D eigenvalue weighted by Gasteiger charge is -2.07. The topological polar surface area (TPSA) is 96.7 Å². The summed E-state index contributed by atoms with van der Waals surface area (Å²) in [6, 6.07) is 10.6. The van der Waals surface area contributed by atoms with Crippen LogP contribution in [0.2, 0.25) is 0 Å². The summed E-state index contributed by atoms with van der Waals surface area (Å²) in [7, 11) is 0. The number of rotatable bonds is 4. The predicted octanol–water partition coefficient (Wildman–Crippen LogP) is 4.22. The van der Waals surface area contributed by atoms with Crippen LogP contribution in [0.25, 0.3) is 10.9 Å². The molecule has 0 aliphatic carbocycles. The minimum atomic E-state index is -4.52. The first-order valence-corrected chi connectivity index (χ1v) is 8.61. The predicted molar refractivity (Wildman–Crippen MR) is 99.5 cm³/mol. The smallest absolute Gasteiger partial charge is 0.433 e. The van der Waals surface area contributed by atoms with E-state index in [0.717, 1.165) is 12.3 Å². The standard InChI is InChI=1S/C20H12F3N5O2/c21-20(22,23)17-4-2-13(9-25-17)10-28-16-3-1-12(8-24)7-15(16)18(27-28)26-19(29)14-5-6-30-11-14/h1-7,9,11H,10H2,(H,26,27,29). The summed E-state index contributed by atoms with van der Waals surface area (Å²) >= 11 is 0. The van der Waals surface area contributed by atoms with Gasteiger partial charge in [-0.25, -0.2) is 0 Å². The molecule has 0 spiro atoms. The van der Waals surface area contributed by atoms with Gasteiger partial charge < -0.3 is 9.73 Å². The Kier molecular flexibility index (Phi) is 4.71. The van der Waals surface area contributed by atoms with E-state index in [4.69, 9.17) is 4.42 Å². The van der Waals surface area contributed by atoms with Crippen LogP contribution in [0.1, 0.15) is 27.2 Å². The van der Waals surface area contributed by atoms with E-state index in [9.17, 15) is 23.2 Å². The van der Waals surface area contributed by atoms with Crippen LogP contribution < -0.4 is 5.32 Å². The Hall–Kier alpha value is -4.13. The highest BCUT2D eigenvalue weighted by molar-refractivity contribution is 6.07. The van der Waals surface area contributed by atoms with E-state index in [0.29, 0.717) is 27.6 Å². The van der Waals surface area contributed by atoms with Crippen molar-refractivity contribution in [2.75, 3.05) is 5.32 Å². The molecule has 30 heavy (non-hydrogen) atoms. The molecule has 0 fully saturated rings. The fourth-order valence-electron chi connectivity index (χ4n) is 2.89. The molecule has 0 aliphatic rings. The van der Waals surface area contributed by atoms with E-state index in [1.165, 1.54) is 29.3 Å². The maximum absolute atomic E-state index is 12.7. The molecule has 7 nitrogen and oxygen atoms in total. The zero-order valence-corrected chi connectivity index (χ0v) is 15.1. The number of furan rings is 1. The Balaban J connectivity index is 1.69. The third-order valence-corrected chi connectivity index (χ3v) is 4.34. The molecule has 3 heterocycles. The van der Waals surface area contributed by atoms with Gasteiger partial charge >= 0.3 is 6.18 Å². The van der Waals surface area contributed by atoms with Crippen LogP contribution in [0.5, 0.6) is 0 Å². The minimum absolute atomic E-state index is 0.120. The summed E-state index contributed by atoms with van der Waals surface area (Å²) in [4.78, 5) is 15.8. The average Bonchev–Trinajstić information content (AvgIpc) is 3.37. The van der Waals surface area contributed by atoms with Crippen LogP contribution in [-0.2, 0) is 12.7 Å². The second kappa shape index (κ2) is 7.36. The number of benzene rings is 1. The summed E-state index contributed by atoms with van der Waals surface area (Å²) in [6.07, 6.45) is -0.751. The van der Waals surface area contributed by atoms with Gasteiger partial charge in [0.1, 0.15) is 12.0 Å². The van der Waals surface area contributed by atoms with Crippen molar-refractivity contribution in [3.63, 3.8) is 0 Å². The molecule has 1 N–H and O–H groups in total. The third kappa shape index (κ3) is 3.73. The summed E-state index contributed by atoms with van der Waals surface area (Å²) in [5.41, 5.74) is 0.766. The highest BCUT2D eigenvalue weighted by Crippen LogP contribution is 2.28. The summed E-state index contributed by atoms with van der Waals surface area (Å²) in [6.45, 7) is 0.120. The molecule has 0 unspecified atom stereocenters. The lowest BCUT2D eigenvalue weighted by molar-refractivity contribution is -0.141. The van der Waals surface area contributed by atoms with Crippen LogP contribution in [0.3, 0.4) is 0 Å². The third-order valence-electron chi connectivity index (χ3n) is 4.34. The van der Waals surface area contributed by atoms with E-state index in [2.05, 4.69) is 15.4 Å². The van der Waals surface area contributed by atoms with Crippen LogP contribution >= 0.6 is 0 Å². The van der Waals surface area contributed by atoms with Gasteiger partial charge in [-0.2, -0.15) is 23.5 Å². The number of nitrogens with zero attached hydrogens (tertiary/aromatic N) is 4. The minimum Gasteiger partial charge on any atom is -0.472 e. The molecule has 3 aromatic heterocycles. The summed E-state index contributed by atoms with van der Waals surface area (Å²) in [5, 5.41) is 16.7. The highest BCUT2D eigenvalue weighted by Gasteiger charge is 2.32. The number of amides is 1. The monoisotopic (exact) mass is 411 g/mol. The molecule has 1 aromatic carbocycles. The number of hydrogen-bond donors (Lipinski definition) is 1. The van der Waals surface area contributed by atoms with Crippen LogP contribution in [0, 0.1) is 11.3 Å². The summed E-state index contributed by atoms with van der Waals surface area (Å²) < 4.78 is 44.6. The van der Waals surface area contributed by atoms with Crippen molar-refractivity contribution in [3.8, 4) is 6.07 Å². The molecule has 1 amide bonds. The molecule has 0 bridgehead atoms. The maximum Gasteiger partial charge on any atom is 0.433 e. The van der Waals surface area contributed by atoms with Crippen molar-refractivity contribution < 1.29 is 22.4 Å². The number of alkyl halides is 3. The number of carbonyl (C=O) groups is 1. The second-order valence-corrected chi connectivity index (χ2v) is 6.37. The number of nitrogens with one attached hydrogen (secondary N) is 1. The largest absolute Gasteiger partial charge is 0.472 e. The molecule has 0 saturated heterocycles. The van der Waals surface area contributed by atoms with Gasteiger partial charge in [-0.3, -0.25) is 14.5 Å². The number of fused-ring (bicyclic) bond motifs is 1. The zero-order valence-electron chi connectivity index (χ0n) is 15.1. The van der Waals surface area contributed by atoms with Gasteiger partial charge in [0.15, 0.2) is 5.82 Å². The van der Waals surface area contributed by atoms with Crippen LogP contribution in [-0.4, -0.2) is 20.7 Å². The van der Waals surface area contributed by atoms with Crippen molar-refractivity contribution in [2.45, 2.75) is 12.7 Å². The molecule has 0 radical (unpaired) electrons. The number of aromatic nitrogens is 3. The lowest BCUT2D eigenvalue weighted by atomic mass is 10.1. The Bertz CT molecular complexity index is 1250. The highest BCUT2D eigenvalue weighted by atomic mass is 19.4. The van der Waals surface area contributed by atoms with E-state index in [1.807, 2.05) is 6.07 Å². The number of pyridine rings is 1. The van der Waals surface area contributed by atoms with E-state index in [-0.39, 0.29) is 12.4 Å². The van der Waals surface area contributed by atoms with Gasteiger partial charge in [0.2, 0.25) is 0 Å². The Morgan fingerprint density at radius 3 is 2.70 bits per heavy atom. The van der Waals surface area contributed by atoms with Crippen LogP contribution in [0.15, 0.2) is 59.5 Å². The van der Waals surface area contributed by atoms with Gasteiger partial charge in [0.25, 0.3) is 5.91 Å². The lowest BCUT2D eigenvalue weighted by Crippen LogP contribution is -2.12. The van der Waals surface area contributed by atoms with E-state index < -0.39 is 17.8 Å². The number of hydrogen-bond acceptors (Lipinski definition) is 5. The number of anilines is 1. The Labute approximate surface area is 167 Å². The molecule has 0 saturated carbocycles. The van der Waals surface area contributed by atoms with E-state index >= 15 is 0 Å². The number of nitriles is 1. The number of carbonyl (C=O) groups excluding carboxylic acids is 1. The molecular formula is C20H12F3N5O2. The SMILES string of the molecule is N#Cc1ccc2c(c1)c(NC(=O)c1ccoc1)nn2Cc1ccc(C(F)(F)F)nc1. The zero-order chi connectivity index (χ0) is 21.3.